The lowest BCUT2D eigenvalue weighted by Crippen LogP contribution is -2.12. The summed E-state index contributed by atoms with van der Waals surface area (Å²) in [4.78, 5) is 0. The van der Waals surface area contributed by atoms with Gasteiger partial charge in [-0.25, -0.2) is 0 Å². The fourth-order valence-electron chi connectivity index (χ4n) is 0.923. The van der Waals surface area contributed by atoms with Gasteiger partial charge in [0.1, 0.15) is 0 Å². The first-order chi connectivity index (χ1) is 6.58. The van der Waals surface area contributed by atoms with Gasteiger partial charge in [-0.2, -0.15) is 8.42 Å². The molecule has 0 saturated carbocycles. The number of rotatable bonds is 6. The van der Waals surface area contributed by atoms with Crippen LogP contribution < -0.4 is 0 Å². The van der Waals surface area contributed by atoms with Crippen LogP contribution in [0.25, 0.3) is 0 Å². The molecule has 0 amide bonds. The average Bonchev–Trinajstić information content (AvgIpc) is 1.97. The van der Waals surface area contributed by atoms with Gasteiger partial charge in [-0.05, 0) is 11.8 Å². The molecule has 0 aliphatic carbocycles. The van der Waals surface area contributed by atoms with Crippen molar-refractivity contribution >= 4 is 16.3 Å². The van der Waals surface area contributed by atoms with Gasteiger partial charge in [0.15, 0.2) is 0 Å². The van der Waals surface area contributed by atoms with Crippen LogP contribution in [0.3, 0.4) is 0 Å². The average molecular weight is 258 g/mol. The SMILES string of the molecule is CC(C)COP(=O)(CC(C)C)S(=O)(=O)O. The number of hydrogen-bond donors (Lipinski definition) is 1. The van der Waals surface area contributed by atoms with Gasteiger partial charge in [-0.15, -0.1) is 0 Å². The molecule has 1 N–H and O–H groups in total. The van der Waals surface area contributed by atoms with E-state index >= 15 is 0 Å². The molecule has 0 radical (unpaired) electrons. The number of hydrogen-bond acceptors (Lipinski definition) is 4. The van der Waals surface area contributed by atoms with Crippen molar-refractivity contribution in [1.29, 1.82) is 0 Å². The fraction of sp³-hybridized carbons (Fsp3) is 1.00. The third kappa shape index (κ3) is 5.11. The Kier molecular flexibility index (Phi) is 5.47. The molecule has 1 unspecified atom stereocenters. The molecule has 0 saturated heterocycles. The lowest BCUT2D eigenvalue weighted by molar-refractivity contribution is 0.273. The maximum atomic E-state index is 11.9. The van der Waals surface area contributed by atoms with Gasteiger partial charge < -0.3 is 4.52 Å². The monoisotopic (exact) mass is 258 g/mol. The summed E-state index contributed by atoms with van der Waals surface area (Å²) in [6, 6.07) is 0. The van der Waals surface area contributed by atoms with Crippen LogP contribution in [-0.4, -0.2) is 25.7 Å². The maximum absolute atomic E-state index is 11.9. The van der Waals surface area contributed by atoms with Crippen LogP contribution in [0.5, 0.6) is 0 Å². The molecule has 0 aromatic rings. The van der Waals surface area contributed by atoms with Crippen molar-refractivity contribution in [2.75, 3.05) is 12.8 Å². The summed E-state index contributed by atoms with van der Waals surface area (Å²) >= 11 is 0. The van der Waals surface area contributed by atoms with Crippen LogP contribution in [0.15, 0.2) is 0 Å². The second kappa shape index (κ2) is 5.43. The van der Waals surface area contributed by atoms with E-state index in [0.717, 1.165) is 0 Å². The van der Waals surface area contributed by atoms with E-state index < -0.39 is 16.3 Å². The second-order valence-electron chi connectivity index (χ2n) is 4.32. The van der Waals surface area contributed by atoms with E-state index in [4.69, 9.17) is 9.08 Å². The van der Waals surface area contributed by atoms with Crippen molar-refractivity contribution in [3.8, 4) is 0 Å². The second-order valence-corrected chi connectivity index (χ2v) is 10.1. The largest absolute Gasteiger partial charge is 0.341 e. The minimum absolute atomic E-state index is 0.0593. The highest BCUT2D eigenvalue weighted by Gasteiger charge is 2.38. The summed E-state index contributed by atoms with van der Waals surface area (Å²) in [6.07, 6.45) is -0.154. The molecule has 0 aromatic heterocycles. The van der Waals surface area contributed by atoms with Crippen LogP contribution in [0.2, 0.25) is 0 Å². The Balaban J connectivity index is 4.81. The first kappa shape index (κ1) is 15.1. The molecule has 0 spiro atoms. The minimum atomic E-state index is -4.62. The Bertz CT molecular complexity index is 333. The molecule has 5 nitrogen and oxygen atoms in total. The highest BCUT2D eigenvalue weighted by Crippen LogP contribution is 2.54. The van der Waals surface area contributed by atoms with E-state index in [1.165, 1.54) is 0 Å². The summed E-state index contributed by atoms with van der Waals surface area (Å²) in [5.74, 6) is -0.0582. The van der Waals surface area contributed by atoms with Gasteiger partial charge in [0.05, 0.1) is 6.61 Å². The maximum Gasteiger partial charge on any atom is 0.341 e. The Labute approximate surface area is 91.2 Å². The van der Waals surface area contributed by atoms with Gasteiger partial charge in [0, 0.05) is 6.16 Å². The van der Waals surface area contributed by atoms with Crippen molar-refractivity contribution in [2.45, 2.75) is 27.7 Å². The smallest absolute Gasteiger partial charge is 0.316 e. The molecule has 0 fully saturated rings. The van der Waals surface area contributed by atoms with Crippen molar-refractivity contribution < 1.29 is 22.1 Å². The lowest BCUT2D eigenvalue weighted by Gasteiger charge is -2.18. The van der Waals surface area contributed by atoms with Gasteiger partial charge in [0.2, 0.25) is 0 Å². The first-order valence-electron chi connectivity index (χ1n) is 4.79. The zero-order valence-corrected chi connectivity index (χ0v) is 11.2. The molecule has 1 atom stereocenters. The van der Waals surface area contributed by atoms with Crippen molar-refractivity contribution in [3.05, 3.63) is 0 Å². The van der Waals surface area contributed by atoms with E-state index in [-0.39, 0.29) is 24.6 Å². The van der Waals surface area contributed by atoms with Crippen LogP contribution >= 0.6 is 6.57 Å². The summed E-state index contributed by atoms with van der Waals surface area (Å²) in [6.45, 7) is 3.13. The Morgan fingerprint density at radius 1 is 1.20 bits per heavy atom. The molecule has 0 rings (SSSR count). The van der Waals surface area contributed by atoms with Gasteiger partial charge in [-0.3, -0.25) is 9.12 Å². The Morgan fingerprint density at radius 3 is 1.93 bits per heavy atom. The summed E-state index contributed by atoms with van der Waals surface area (Å²) < 4.78 is 47.6. The fourth-order valence-corrected chi connectivity index (χ4v) is 4.81. The first-order valence-corrected chi connectivity index (χ1v) is 8.65. The zero-order chi connectivity index (χ0) is 12.3. The molecule has 0 bridgehead atoms. The van der Waals surface area contributed by atoms with E-state index in [9.17, 15) is 13.0 Å². The predicted molar refractivity (Wildman–Crippen MR) is 59.7 cm³/mol. The summed E-state index contributed by atoms with van der Waals surface area (Å²) in [5.41, 5.74) is 0. The molecular formula is C8H19O5PS. The van der Waals surface area contributed by atoms with Gasteiger partial charge in [0.25, 0.3) is 0 Å². The normalized spacial score (nSPS) is 17.0. The molecule has 15 heavy (non-hydrogen) atoms. The van der Waals surface area contributed by atoms with E-state index in [0.29, 0.717) is 0 Å². The van der Waals surface area contributed by atoms with Gasteiger partial charge >= 0.3 is 16.3 Å². The molecule has 0 aromatic carbocycles. The third-order valence-corrected chi connectivity index (χ3v) is 6.84. The Hall–Kier alpha value is 0.100. The lowest BCUT2D eigenvalue weighted by atomic mass is 10.2. The van der Waals surface area contributed by atoms with Crippen molar-refractivity contribution in [1.82, 2.24) is 0 Å². The van der Waals surface area contributed by atoms with Crippen molar-refractivity contribution in [2.24, 2.45) is 11.8 Å². The van der Waals surface area contributed by atoms with E-state index in [2.05, 4.69) is 0 Å². The van der Waals surface area contributed by atoms with Crippen molar-refractivity contribution in [3.63, 3.8) is 0 Å². The highest BCUT2D eigenvalue weighted by atomic mass is 32.8. The third-order valence-electron chi connectivity index (χ3n) is 1.54. The molecule has 0 aliphatic heterocycles. The highest BCUT2D eigenvalue weighted by molar-refractivity contribution is 8.48. The molecule has 7 heteroatoms. The predicted octanol–water partition coefficient (Wildman–Crippen LogP) is 2.40. The van der Waals surface area contributed by atoms with E-state index in [1.807, 2.05) is 13.8 Å². The van der Waals surface area contributed by atoms with Gasteiger partial charge in [-0.1, -0.05) is 27.7 Å². The van der Waals surface area contributed by atoms with Crippen LogP contribution in [0.4, 0.5) is 0 Å². The molecule has 0 heterocycles. The summed E-state index contributed by atoms with van der Waals surface area (Å²) in [5, 5.41) is 0. The van der Waals surface area contributed by atoms with Crippen LogP contribution in [-0.2, 0) is 18.8 Å². The molecule has 92 valence electrons. The van der Waals surface area contributed by atoms with Crippen LogP contribution in [0, 0.1) is 11.8 Å². The Morgan fingerprint density at radius 2 is 1.67 bits per heavy atom. The zero-order valence-electron chi connectivity index (χ0n) is 9.50. The topological polar surface area (TPSA) is 80.7 Å². The minimum Gasteiger partial charge on any atom is -0.316 e. The van der Waals surface area contributed by atoms with Crippen LogP contribution in [0.1, 0.15) is 27.7 Å². The molecular weight excluding hydrogens is 239 g/mol. The molecule has 0 aliphatic rings. The standard InChI is InChI=1S/C8H19O5PS/c1-7(2)5-13-14(9,6-8(3)4)15(10,11)12/h7-8H,5-6H2,1-4H3,(H,10,11,12). The van der Waals surface area contributed by atoms with E-state index in [1.54, 1.807) is 13.8 Å². The quantitative estimate of drug-likeness (QED) is 0.584. The summed E-state index contributed by atoms with van der Waals surface area (Å²) in [7, 11) is -4.62.